The second kappa shape index (κ2) is 32.9. The standard InChI is InChI=1S/C42H55F3N8O2S.C5H8O2.C2H8N2.C2H6.CH2O/c1-6-53(28(2)3)39-17-30(15-36(44)41(39)47-5)40(46-4)37(45)21-48-27-49-33-7-13-52(14-8-33)56-34-9-11-50(12-10-34)22-29-19-42(20-29)25-51(26-42)38-18-32(24-55)31(23-54)16-35(38)43;6-4-2-1-3-5-7;1-4(2)3;2*1-2/h15-18,21,23-24,28-29,33-34,49H,4-14,19-20,22,25-27H2,1-3H3;4-5H,1-3H2;3H2,1-2H3;1-2H3;1H2/b40-37+,48-21-;;;;. The first kappa shape index (κ1) is 62.2. The fourth-order valence-corrected chi connectivity index (χ4v) is 10.6. The van der Waals surface area contributed by atoms with Crippen LogP contribution in [0.5, 0.6) is 0 Å². The van der Waals surface area contributed by atoms with Crippen molar-refractivity contribution in [2.75, 3.05) is 82.9 Å². The fraction of sp³-hybridized carbons (Fsp3) is 0.577. The Morgan fingerprint density at radius 3 is 2.00 bits per heavy atom. The maximum Gasteiger partial charge on any atom is 0.167 e. The minimum absolute atomic E-state index is 0.0690. The van der Waals surface area contributed by atoms with E-state index in [2.05, 4.69) is 42.9 Å². The van der Waals surface area contributed by atoms with Gasteiger partial charge in [0.1, 0.15) is 36.6 Å². The van der Waals surface area contributed by atoms with Crippen molar-refractivity contribution in [1.82, 2.24) is 19.5 Å². The molecule has 0 bridgehead atoms. The van der Waals surface area contributed by atoms with E-state index in [1.807, 2.05) is 63.2 Å². The zero-order chi connectivity index (χ0) is 53.1. The van der Waals surface area contributed by atoms with Crippen LogP contribution in [0.25, 0.3) is 5.70 Å². The van der Waals surface area contributed by atoms with Gasteiger partial charge >= 0.3 is 0 Å². The number of unbranched alkanes of at least 4 members (excludes halogenated alkanes) is 2. The third kappa shape index (κ3) is 19.2. The van der Waals surface area contributed by atoms with Gasteiger partial charge in [0.05, 0.1) is 24.3 Å². The van der Waals surface area contributed by atoms with Crippen molar-refractivity contribution in [3.05, 3.63) is 58.4 Å². The quantitative estimate of drug-likeness (QED) is 0.0305. The Balaban J connectivity index is 0.00000102. The van der Waals surface area contributed by atoms with E-state index in [0.717, 1.165) is 90.3 Å². The molecule has 6 rings (SSSR count). The average molecular weight is 1010 g/mol. The molecule has 394 valence electrons. The molecule has 0 unspecified atom stereocenters. The minimum atomic E-state index is -0.688. The summed E-state index contributed by atoms with van der Waals surface area (Å²) in [5.41, 5.74) is 1.83. The first-order valence-corrected chi connectivity index (χ1v) is 25.4. The van der Waals surface area contributed by atoms with Gasteiger partial charge in [0.25, 0.3) is 0 Å². The Kier molecular flexibility index (Phi) is 28.9. The molecule has 71 heavy (non-hydrogen) atoms. The molecule has 0 radical (unpaired) electrons. The average Bonchev–Trinajstić information content (AvgIpc) is 3.33. The largest absolute Gasteiger partial charge is 0.368 e. The van der Waals surface area contributed by atoms with Gasteiger partial charge in [-0.3, -0.25) is 45.0 Å². The molecule has 1 aliphatic carbocycles. The smallest absolute Gasteiger partial charge is 0.167 e. The summed E-state index contributed by atoms with van der Waals surface area (Å²) in [6, 6.07) is 5.92. The van der Waals surface area contributed by atoms with Crippen LogP contribution in [0, 0.1) is 23.0 Å². The molecule has 3 aliphatic heterocycles. The van der Waals surface area contributed by atoms with Crippen LogP contribution in [-0.2, 0) is 14.4 Å². The van der Waals surface area contributed by atoms with Gasteiger partial charge in [0.15, 0.2) is 24.2 Å². The summed E-state index contributed by atoms with van der Waals surface area (Å²) in [6.45, 7) is 26.8. The molecule has 3 heterocycles. The summed E-state index contributed by atoms with van der Waals surface area (Å²) in [5, 5.41) is 5.55. The molecule has 4 fully saturated rings. The van der Waals surface area contributed by atoms with E-state index in [9.17, 15) is 23.6 Å². The summed E-state index contributed by atoms with van der Waals surface area (Å²) in [4.78, 5) is 68.3. The van der Waals surface area contributed by atoms with E-state index in [4.69, 9.17) is 10.6 Å². The number of piperidine rings is 2. The highest BCUT2D eigenvalue weighted by Gasteiger charge is 2.53. The van der Waals surface area contributed by atoms with Gasteiger partial charge in [-0.1, -0.05) is 25.8 Å². The van der Waals surface area contributed by atoms with Gasteiger partial charge in [0.2, 0.25) is 0 Å². The number of nitrogens with zero attached hydrogens (tertiary/aromatic N) is 8. The van der Waals surface area contributed by atoms with Gasteiger partial charge < -0.3 is 29.1 Å². The SMILES string of the molecule is C=N/C(=C(F)\C=N/CNC1CCN(SC2CCN(CC3CC4(C3)CN(c3cc(C=O)c(C=O)cc3F)C4)CC2)CC1)c1cc(F)c(N=C)c(N(CC)C(C)C)c1.C=O.CC.CN(C)N.O=CCCCC=O. The minimum Gasteiger partial charge on any atom is -0.368 e. The normalized spacial score (nSPS) is 17.4. The van der Waals surface area contributed by atoms with Crippen LogP contribution >= 0.6 is 11.9 Å². The van der Waals surface area contributed by atoms with E-state index in [0.29, 0.717) is 67.0 Å². The van der Waals surface area contributed by atoms with Gasteiger partial charge in [-0.25, -0.2) is 13.2 Å². The van der Waals surface area contributed by atoms with Crippen LogP contribution in [0.3, 0.4) is 0 Å². The molecule has 0 aromatic heterocycles. The van der Waals surface area contributed by atoms with Crippen molar-refractivity contribution in [1.29, 1.82) is 0 Å². The number of likely N-dealkylation sites (tertiary alicyclic amines) is 1. The molecule has 1 saturated carbocycles. The molecule has 1 spiro atoms. The Morgan fingerprint density at radius 1 is 0.915 bits per heavy atom. The van der Waals surface area contributed by atoms with Crippen LogP contribution in [0.2, 0.25) is 0 Å². The summed E-state index contributed by atoms with van der Waals surface area (Å²) in [5.74, 6) is 3.88. The number of rotatable bonds is 21. The molecule has 0 atom stereocenters. The van der Waals surface area contributed by atoms with E-state index in [-0.39, 0.29) is 46.2 Å². The highest BCUT2D eigenvalue weighted by Crippen LogP contribution is 2.53. The maximum atomic E-state index is 15.3. The fourth-order valence-electron chi connectivity index (χ4n) is 9.33. The Labute approximate surface area is 424 Å². The lowest BCUT2D eigenvalue weighted by Crippen LogP contribution is -2.63. The lowest BCUT2D eigenvalue weighted by Gasteiger charge is -2.60. The lowest BCUT2D eigenvalue weighted by atomic mass is 9.57. The maximum absolute atomic E-state index is 15.3. The van der Waals surface area contributed by atoms with Gasteiger partial charge in [0, 0.05) is 106 Å². The Morgan fingerprint density at radius 2 is 1.49 bits per heavy atom. The second-order valence-corrected chi connectivity index (χ2v) is 19.6. The lowest BCUT2D eigenvalue weighted by molar-refractivity contribution is -0.109. The number of carbonyl (C=O) groups excluding carboxylic acids is 5. The summed E-state index contributed by atoms with van der Waals surface area (Å²) in [7, 11) is 3.56. The van der Waals surface area contributed by atoms with E-state index in [1.54, 1.807) is 20.2 Å². The number of hydrazine groups is 1. The molecule has 2 aromatic rings. The highest BCUT2D eigenvalue weighted by molar-refractivity contribution is 7.97. The van der Waals surface area contributed by atoms with Crippen LogP contribution in [0.1, 0.15) is 119 Å². The summed E-state index contributed by atoms with van der Waals surface area (Å²) >= 11 is 2.01. The van der Waals surface area contributed by atoms with Gasteiger partial charge in [-0.15, -0.1) is 0 Å². The number of nitrogens with one attached hydrogen (secondary N) is 1. The predicted molar refractivity (Wildman–Crippen MR) is 286 cm³/mol. The first-order chi connectivity index (χ1) is 34.1. The van der Waals surface area contributed by atoms with Crippen molar-refractivity contribution >= 4 is 86.3 Å². The molecule has 19 heteroatoms. The molecular weight excluding hydrogens is 934 g/mol. The van der Waals surface area contributed by atoms with Crippen molar-refractivity contribution in [3.63, 3.8) is 0 Å². The van der Waals surface area contributed by atoms with Crippen LogP contribution in [0.15, 0.2) is 45.1 Å². The first-order valence-electron chi connectivity index (χ1n) is 24.5. The number of carbonyl (C=O) groups is 5. The number of anilines is 2. The van der Waals surface area contributed by atoms with Crippen molar-refractivity contribution < 1.29 is 37.1 Å². The van der Waals surface area contributed by atoms with E-state index < -0.39 is 17.5 Å². The summed E-state index contributed by atoms with van der Waals surface area (Å²) in [6.07, 6.45) is 12.3. The molecule has 0 amide bonds. The number of hydrogen-bond donors (Lipinski definition) is 2. The van der Waals surface area contributed by atoms with Crippen LogP contribution in [0.4, 0.5) is 30.2 Å². The van der Waals surface area contributed by atoms with Gasteiger partial charge in [-0.05, 0) is 122 Å². The Hall–Kier alpha value is -4.92. The number of halogens is 3. The number of hydrogen-bond acceptors (Lipinski definition) is 16. The summed E-state index contributed by atoms with van der Waals surface area (Å²) < 4.78 is 47.5. The predicted octanol–water partition coefficient (Wildman–Crippen LogP) is 8.42. The molecule has 3 N–H and O–H groups in total. The van der Waals surface area contributed by atoms with Crippen LogP contribution < -0.4 is 21.0 Å². The third-order valence-corrected chi connectivity index (χ3v) is 13.9. The zero-order valence-electron chi connectivity index (χ0n) is 43.1. The number of benzene rings is 2. The number of nitrogens with two attached hydrogens (primary N) is 1. The number of allylic oxidation sites excluding steroid dienone is 1. The highest BCUT2D eigenvalue weighted by atomic mass is 32.2. The van der Waals surface area contributed by atoms with Gasteiger partial charge in [-0.2, -0.15) is 0 Å². The van der Waals surface area contributed by atoms with Crippen LogP contribution in [-0.4, -0.2) is 156 Å². The van der Waals surface area contributed by atoms with Crippen molar-refractivity contribution in [3.8, 4) is 0 Å². The van der Waals surface area contributed by atoms with Crippen molar-refractivity contribution in [2.24, 2.45) is 32.2 Å². The molecule has 15 nitrogen and oxygen atoms in total. The topological polar surface area (TPSA) is 177 Å². The van der Waals surface area contributed by atoms with E-state index >= 15 is 8.78 Å². The molecule has 2 aromatic carbocycles. The molecule has 3 saturated heterocycles. The van der Waals surface area contributed by atoms with E-state index in [1.165, 1.54) is 36.0 Å². The zero-order valence-corrected chi connectivity index (χ0v) is 43.9. The van der Waals surface area contributed by atoms with Crippen molar-refractivity contribution in [2.45, 2.75) is 110 Å². The number of aldehydes is 4. The Bertz CT molecular complexity index is 2040. The second-order valence-electron chi connectivity index (χ2n) is 18.2. The monoisotopic (exact) mass is 1010 g/mol. The molecular formula is C52H79F3N10O5S. The third-order valence-electron chi connectivity index (χ3n) is 12.5. The molecule has 4 aliphatic rings. The number of aliphatic imine (C=N–C) groups is 3.